The lowest BCUT2D eigenvalue weighted by Crippen LogP contribution is -2.22. The molecule has 0 saturated heterocycles. The van der Waals surface area contributed by atoms with E-state index in [1.54, 1.807) is 0 Å². The molecule has 10 heteroatoms. The Morgan fingerprint density at radius 3 is 2.11 bits per heavy atom. The molecule has 102 valence electrons. The average molecular weight is 275 g/mol. The van der Waals surface area contributed by atoms with Crippen molar-refractivity contribution in [1.82, 2.24) is 4.98 Å². The first-order valence-electron chi connectivity index (χ1n) is 4.36. The third-order valence-corrected chi connectivity index (χ3v) is 1.85. The highest BCUT2D eigenvalue weighted by Crippen LogP contribution is 2.39. The predicted octanol–water partition coefficient (Wildman–Crippen LogP) is 2.04. The SMILES string of the molecule is NCc1cnc(C(F)(F)F)c(N)c1OC(F)(F)F. The van der Waals surface area contributed by atoms with E-state index in [1.165, 1.54) is 0 Å². The van der Waals surface area contributed by atoms with E-state index in [9.17, 15) is 26.3 Å². The summed E-state index contributed by atoms with van der Waals surface area (Å²) in [5.41, 5.74) is 6.79. The Bertz CT molecular complexity index is 442. The summed E-state index contributed by atoms with van der Waals surface area (Å²) in [5.74, 6) is -1.17. The summed E-state index contributed by atoms with van der Waals surface area (Å²) in [4.78, 5) is 2.93. The number of ether oxygens (including phenoxy) is 1. The van der Waals surface area contributed by atoms with Gasteiger partial charge in [-0.25, -0.2) is 4.98 Å². The summed E-state index contributed by atoms with van der Waals surface area (Å²) in [6, 6.07) is 0. The van der Waals surface area contributed by atoms with Crippen molar-refractivity contribution in [1.29, 1.82) is 0 Å². The largest absolute Gasteiger partial charge is 0.573 e. The zero-order valence-electron chi connectivity index (χ0n) is 8.56. The zero-order valence-corrected chi connectivity index (χ0v) is 8.56. The van der Waals surface area contributed by atoms with Gasteiger partial charge in [-0.15, -0.1) is 13.2 Å². The highest BCUT2D eigenvalue weighted by Gasteiger charge is 2.39. The summed E-state index contributed by atoms with van der Waals surface area (Å²) in [6.07, 6.45) is -9.62. The van der Waals surface area contributed by atoms with Crippen LogP contribution in [0.2, 0.25) is 0 Å². The molecule has 0 unspecified atom stereocenters. The van der Waals surface area contributed by atoms with Gasteiger partial charge in [0, 0.05) is 18.3 Å². The molecular formula is C8H7F6N3O. The predicted molar refractivity (Wildman–Crippen MR) is 48.2 cm³/mol. The molecule has 0 radical (unpaired) electrons. The molecule has 0 atom stereocenters. The molecule has 1 heterocycles. The number of aromatic nitrogens is 1. The number of nitrogens with zero attached hydrogens (tertiary/aromatic N) is 1. The van der Waals surface area contributed by atoms with Crippen molar-refractivity contribution >= 4 is 5.69 Å². The van der Waals surface area contributed by atoms with E-state index < -0.39 is 36.2 Å². The van der Waals surface area contributed by atoms with E-state index in [-0.39, 0.29) is 5.56 Å². The summed E-state index contributed by atoms with van der Waals surface area (Å²) in [6.45, 7) is -0.499. The van der Waals surface area contributed by atoms with E-state index in [1.807, 2.05) is 0 Å². The number of anilines is 1. The average Bonchev–Trinajstić information content (AvgIpc) is 2.17. The van der Waals surface area contributed by atoms with Crippen LogP contribution in [0.15, 0.2) is 6.20 Å². The van der Waals surface area contributed by atoms with Gasteiger partial charge in [0.1, 0.15) is 5.69 Å². The Labute approximate surface area is 96.5 Å². The minimum absolute atomic E-state index is 0.377. The second-order valence-corrected chi connectivity index (χ2v) is 3.12. The van der Waals surface area contributed by atoms with Gasteiger partial charge in [0.25, 0.3) is 0 Å². The van der Waals surface area contributed by atoms with Gasteiger partial charge in [-0.3, -0.25) is 0 Å². The Morgan fingerprint density at radius 1 is 1.17 bits per heavy atom. The number of nitrogens with two attached hydrogens (primary N) is 2. The molecule has 0 aliphatic rings. The van der Waals surface area contributed by atoms with Crippen molar-refractivity contribution in [3.8, 4) is 5.75 Å². The van der Waals surface area contributed by atoms with Crippen LogP contribution in [0.1, 0.15) is 11.3 Å². The molecule has 18 heavy (non-hydrogen) atoms. The van der Waals surface area contributed by atoms with Crippen molar-refractivity contribution in [3.05, 3.63) is 17.5 Å². The molecule has 0 spiro atoms. The van der Waals surface area contributed by atoms with Crippen molar-refractivity contribution in [2.45, 2.75) is 19.1 Å². The molecule has 0 saturated carbocycles. The second kappa shape index (κ2) is 4.52. The molecule has 1 aromatic heterocycles. The number of hydrogen-bond donors (Lipinski definition) is 2. The van der Waals surface area contributed by atoms with E-state index in [0.29, 0.717) is 6.20 Å². The fraction of sp³-hybridized carbons (Fsp3) is 0.375. The Morgan fingerprint density at radius 2 is 1.72 bits per heavy atom. The van der Waals surface area contributed by atoms with Crippen molar-refractivity contribution in [2.24, 2.45) is 5.73 Å². The molecule has 4 N–H and O–H groups in total. The standard InChI is InChI=1S/C8H7F6N3O/c9-7(10,11)6-4(16)5(18-8(12,13)14)3(1-15)2-17-6/h2H,1,15-16H2. The van der Waals surface area contributed by atoms with E-state index in [4.69, 9.17) is 11.5 Å². The Balaban J connectivity index is 3.37. The van der Waals surface area contributed by atoms with Gasteiger partial charge in [-0.05, 0) is 0 Å². The molecule has 4 nitrogen and oxygen atoms in total. The smallest absolute Gasteiger partial charge is 0.403 e. The molecule has 0 bridgehead atoms. The first-order chi connectivity index (χ1) is 8.06. The summed E-state index contributed by atoms with van der Waals surface area (Å²) >= 11 is 0. The molecule has 0 fully saturated rings. The van der Waals surface area contributed by atoms with Gasteiger partial charge in [0.2, 0.25) is 0 Å². The lowest BCUT2D eigenvalue weighted by Gasteiger charge is -2.17. The van der Waals surface area contributed by atoms with E-state index >= 15 is 0 Å². The molecule has 0 amide bonds. The third kappa shape index (κ3) is 3.15. The number of rotatable bonds is 2. The van der Waals surface area contributed by atoms with Gasteiger partial charge in [-0.1, -0.05) is 0 Å². The maximum absolute atomic E-state index is 12.4. The number of pyridine rings is 1. The Hall–Kier alpha value is -1.71. The van der Waals surface area contributed by atoms with Crippen LogP contribution in [0.3, 0.4) is 0 Å². The number of halogens is 6. The molecule has 0 aliphatic carbocycles. The quantitative estimate of drug-likeness (QED) is 0.810. The van der Waals surface area contributed by atoms with Gasteiger partial charge in [0.05, 0.1) is 0 Å². The van der Waals surface area contributed by atoms with Crippen molar-refractivity contribution in [3.63, 3.8) is 0 Å². The maximum atomic E-state index is 12.4. The highest BCUT2D eigenvalue weighted by molar-refractivity contribution is 5.60. The van der Waals surface area contributed by atoms with Crippen LogP contribution in [0.4, 0.5) is 32.0 Å². The first kappa shape index (κ1) is 14.4. The normalized spacial score (nSPS) is 12.6. The topological polar surface area (TPSA) is 74.2 Å². The van der Waals surface area contributed by atoms with Crippen LogP contribution in [0.5, 0.6) is 5.75 Å². The van der Waals surface area contributed by atoms with E-state index in [0.717, 1.165) is 0 Å². The highest BCUT2D eigenvalue weighted by atomic mass is 19.4. The summed E-state index contributed by atoms with van der Waals surface area (Å²) in [5, 5.41) is 0. The zero-order chi connectivity index (χ0) is 14.1. The molecule has 1 aromatic rings. The lowest BCUT2D eigenvalue weighted by molar-refractivity contribution is -0.274. The van der Waals surface area contributed by atoms with Gasteiger partial charge in [-0.2, -0.15) is 13.2 Å². The van der Waals surface area contributed by atoms with Crippen LogP contribution in [0.25, 0.3) is 0 Å². The van der Waals surface area contributed by atoms with Crippen molar-refractivity contribution < 1.29 is 31.1 Å². The van der Waals surface area contributed by atoms with Crippen LogP contribution in [-0.4, -0.2) is 11.3 Å². The van der Waals surface area contributed by atoms with Crippen LogP contribution < -0.4 is 16.2 Å². The van der Waals surface area contributed by atoms with Gasteiger partial charge < -0.3 is 16.2 Å². The molecule has 0 aromatic carbocycles. The Kier molecular flexibility index (Phi) is 3.60. The molecular weight excluding hydrogens is 268 g/mol. The fourth-order valence-corrected chi connectivity index (χ4v) is 1.16. The first-order valence-corrected chi connectivity index (χ1v) is 4.36. The van der Waals surface area contributed by atoms with Crippen LogP contribution in [-0.2, 0) is 12.7 Å². The van der Waals surface area contributed by atoms with Gasteiger partial charge in [0.15, 0.2) is 11.4 Å². The lowest BCUT2D eigenvalue weighted by atomic mass is 10.2. The number of nitrogen functional groups attached to an aromatic ring is 1. The van der Waals surface area contributed by atoms with E-state index in [2.05, 4.69) is 9.72 Å². The number of alkyl halides is 6. The van der Waals surface area contributed by atoms with Gasteiger partial charge >= 0.3 is 12.5 Å². The fourth-order valence-electron chi connectivity index (χ4n) is 1.16. The summed E-state index contributed by atoms with van der Waals surface area (Å²) < 4.78 is 76.7. The van der Waals surface area contributed by atoms with Crippen LogP contribution in [0, 0.1) is 0 Å². The molecule has 0 aliphatic heterocycles. The minimum Gasteiger partial charge on any atom is -0.403 e. The van der Waals surface area contributed by atoms with Crippen LogP contribution >= 0.6 is 0 Å². The maximum Gasteiger partial charge on any atom is 0.573 e. The molecule has 1 rings (SSSR count). The second-order valence-electron chi connectivity index (χ2n) is 3.12. The third-order valence-electron chi connectivity index (χ3n) is 1.85. The monoisotopic (exact) mass is 275 g/mol. The minimum atomic E-state index is -5.18. The van der Waals surface area contributed by atoms with Crippen molar-refractivity contribution in [2.75, 3.05) is 5.73 Å². The summed E-state index contributed by atoms with van der Waals surface area (Å²) in [7, 11) is 0. The number of hydrogen-bond acceptors (Lipinski definition) is 4.